The van der Waals surface area contributed by atoms with E-state index in [1.165, 1.54) is 0 Å². The van der Waals surface area contributed by atoms with E-state index in [9.17, 15) is 10.1 Å². The molecule has 2 aromatic rings. The Kier molecular flexibility index (Phi) is 6.27. The van der Waals surface area contributed by atoms with Gasteiger partial charge in [-0.25, -0.2) is 4.79 Å². The lowest BCUT2D eigenvalue weighted by molar-refractivity contribution is -0.139. The lowest BCUT2D eigenvalue weighted by Gasteiger charge is -2.07. The predicted molar refractivity (Wildman–Crippen MR) is 97.2 cm³/mol. The van der Waals surface area contributed by atoms with E-state index in [-0.39, 0.29) is 0 Å². The SMILES string of the molecule is N#C/C(=C\c1ccc(OCC(=O)O)c(Br)c1)c1ccc(Cl)cc1Cl. The third-order valence-corrected chi connectivity index (χ3v) is 4.13. The highest BCUT2D eigenvalue weighted by molar-refractivity contribution is 9.10. The molecule has 0 saturated carbocycles. The maximum absolute atomic E-state index is 10.5. The number of hydrogen-bond donors (Lipinski definition) is 1. The molecule has 0 aromatic heterocycles. The Labute approximate surface area is 157 Å². The first kappa shape index (κ1) is 18.3. The molecule has 122 valence electrons. The van der Waals surface area contributed by atoms with Crippen molar-refractivity contribution in [2.24, 2.45) is 0 Å². The number of hydrogen-bond acceptors (Lipinski definition) is 3. The van der Waals surface area contributed by atoms with Crippen LogP contribution < -0.4 is 4.74 Å². The van der Waals surface area contributed by atoms with Crippen LogP contribution in [0.5, 0.6) is 5.75 Å². The second-order valence-corrected chi connectivity index (χ2v) is 6.36. The third-order valence-electron chi connectivity index (χ3n) is 2.96. The molecule has 0 unspecified atom stereocenters. The summed E-state index contributed by atoms with van der Waals surface area (Å²) < 4.78 is 5.71. The summed E-state index contributed by atoms with van der Waals surface area (Å²) in [6.45, 7) is -0.433. The van der Waals surface area contributed by atoms with Crippen molar-refractivity contribution in [1.82, 2.24) is 0 Å². The largest absolute Gasteiger partial charge is 0.481 e. The van der Waals surface area contributed by atoms with Crippen molar-refractivity contribution in [2.45, 2.75) is 0 Å². The first-order valence-electron chi connectivity index (χ1n) is 6.62. The van der Waals surface area contributed by atoms with Crippen LogP contribution in [0.4, 0.5) is 0 Å². The summed E-state index contributed by atoms with van der Waals surface area (Å²) in [7, 11) is 0. The molecule has 4 nitrogen and oxygen atoms in total. The molecular weight excluding hydrogens is 417 g/mol. The Bertz CT molecular complexity index is 859. The van der Waals surface area contributed by atoms with Gasteiger partial charge in [-0.1, -0.05) is 35.3 Å². The molecule has 0 atom stereocenters. The molecule has 0 spiro atoms. The van der Waals surface area contributed by atoms with E-state index < -0.39 is 12.6 Å². The van der Waals surface area contributed by atoms with E-state index in [0.717, 1.165) is 5.56 Å². The minimum absolute atomic E-state index is 0.378. The molecule has 7 heteroatoms. The highest BCUT2D eigenvalue weighted by Crippen LogP contribution is 2.30. The lowest BCUT2D eigenvalue weighted by Crippen LogP contribution is -2.09. The number of carboxylic acid groups (broad SMARTS) is 1. The smallest absolute Gasteiger partial charge is 0.341 e. The number of nitrogens with zero attached hydrogens (tertiary/aromatic N) is 1. The lowest BCUT2D eigenvalue weighted by atomic mass is 10.0. The van der Waals surface area contributed by atoms with Gasteiger partial charge in [-0.2, -0.15) is 5.26 Å². The predicted octanol–water partition coefficient (Wildman–Crippen LogP) is 5.28. The Balaban J connectivity index is 2.33. The van der Waals surface area contributed by atoms with E-state index in [1.807, 2.05) is 0 Å². The van der Waals surface area contributed by atoms with Crippen molar-refractivity contribution >= 4 is 56.8 Å². The van der Waals surface area contributed by atoms with Gasteiger partial charge in [0.05, 0.1) is 21.1 Å². The van der Waals surface area contributed by atoms with Gasteiger partial charge in [0.2, 0.25) is 0 Å². The second kappa shape index (κ2) is 8.20. The minimum atomic E-state index is -1.06. The topological polar surface area (TPSA) is 70.3 Å². The summed E-state index contributed by atoms with van der Waals surface area (Å²) in [5.41, 5.74) is 1.68. The molecule has 2 aromatic carbocycles. The highest BCUT2D eigenvalue weighted by Gasteiger charge is 2.09. The number of ether oxygens (including phenoxy) is 1. The van der Waals surface area contributed by atoms with Crippen LogP contribution in [0.3, 0.4) is 0 Å². The van der Waals surface area contributed by atoms with Crippen LogP contribution in [0.2, 0.25) is 10.0 Å². The van der Waals surface area contributed by atoms with Gasteiger partial charge >= 0.3 is 5.97 Å². The quantitative estimate of drug-likeness (QED) is 0.521. The van der Waals surface area contributed by atoms with E-state index in [0.29, 0.717) is 31.4 Å². The minimum Gasteiger partial charge on any atom is -0.481 e. The number of halogens is 3. The van der Waals surface area contributed by atoms with Crippen LogP contribution in [0.15, 0.2) is 40.9 Å². The second-order valence-electron chi connectivity index (χ2n) is 4.67. The van der Waals surface area contributed by atoms with E-state index in [2.05, 4.69) is 22.0 Å². The zero-order chi connectivity index (χ0) is 17.7. The molecule has 0 aliphatic rings. The van der Waals surface area contributed by atoms with Crippen LogP contribution in [0.25, 0.3) is 11.6 Å². The molecule has 0 saturated heterocycles. The molecule has 0 heterocycles. The standard InChI is InChI=1S/C17H10BrCl2NO3/c18-14-6-10(1-4-16(14)24-9-17(22)23)5-11(8-21)13-3-2-12(19)7-15(13)20/h1-7H,9H2,(H,22,23)/b11-5+. The number of rotatable bonds is 5. The molecule has 0 radical (unpaired) electrons. The van der Waals surface area contributed by atoms with Crippen molar-refractivity contribution in [1.29, 1.82) is 5.26 Å². The molecule has 0 amide bonds. The summed E-state index contributed by atoms with van der Waals surface area (Å²) in [5, 5.41) is 18.9. The molecule has 1 N–H and O–H groups in total. The van der Waals surface area contributed by atoms with Gasteiger partial charge in [0, 0.05) is 10.6 Å². The van der Waals surface area contributed by atoms with Crippen LogP contribution in [0, 0.1) is 11.3 Å². The number of aliphatic carboxylic acids is 1. The fraction of sp³-hybridized carbons (Fsp3) is 0.0588. The maximum atomic E-state index is 10.5. The highest BCUT2D eigenvalue weighted by atomic mass is 79.9. The van der Waals surface area contributed by atoms with Gasteiger partial charge in [0.1, 0.15) is 5.75 Å². The Morgan fingerprint density at radius 3 is 2.62 bits per heavy atom. The van der Waals surface area contributed by atoms with Gasteiger partial charge in [-0.3, -0.25) is 0 Å². The number of allylic oxidation sites excluding steroid dienone is 1. The number of nitriles is 1. The van der Waals surface area contributed by atoms with Gasteiger partial charge < -0.3 is 9.84 Å². The molecular formula is C17H10BrCl2NO3. The van der Waals surface area contributed by atoms with Gasteiger partial charge in [0.25, 0.3) is 0 Å². The number of carboxylic acids is 1. The fourth-order valence-corrected chi connectivity index (χ4v) is 2.93. The monoisotopic (exact) mass is 425 g/mol. The summed E-state index contributed by atoms with van der Waals surface area (Å²) in [6.07, 6.45) is 1.67. The molecule has 0 bridgehead atoms. The van der Waals surface area contributed by atoms with Crippen LogP contribution >= 0.6 is 39.1 Å². The van der Waals surface area contributed by atoms with Gasteiger partial charge in [-0.15, -0.1) is 0 Å². The molecule has 0 fully saturated rings. The Morgan fingerprint density at radius 1 is 1.29 bits per heavy atom. The summed E-state index contributed by atoms with van der Waals surface area (Å²) in [6, 6.07) is 12.1. The van der Waals surface area contributed by atoms with E-state index in [4.69, 9.17) is 33.0 Å². The first-order valence-corrected chi connectivity index (χ1v) is 8.17. The third kappa shape index (κ3) is 4.75. The van der Waals surface area contributed by atoms with E-state index in [1.54, 1.807) is 42.5 Å². The zero-order valence-electron chi connectivity index (χ0n) is 12.1. The Hall–Kier alpha value is -2.00. The van der Waals surface area contributed by atoms with Crippen LogP contribution in [-0.4, -0.2) is 17.7 Å². The molecule has 0 aliphatic heterocycles. The molecule has 0 aliphatic carbocycles. The summed E-state index contributed by atoms with van der Waals surface area (Å²) >= 11 is 15.3. The maximum Gasteiger partial charge on any atom is 0.341 e. The first-order chi connectivity index (χ1) is 11.4. The Morgan fingerprint density at radius 2 is 2.04 bits per heavy atom. The fourth-order valence-electron chi connectivity index (χ4n) is 1.91. The normalized spacial score (nSPS) is 11.0. The zero-order valence-corrected chi connectivity index (χ0v) is 15.2. The van der Waals surface area contributed by atoms with Crippen molar-refractivity contribution in [2.75, 3.05) is 6.61 Å². The van der Waals surface area contributed by atoms with Crippen molar-refractivity contribution < 1.29 is 14.6 Å². The molecule has 24 heavy (non-hydrogen) atoms. The van der Waals surface area contributed by atoms with E-state index >= 15 is 0 Å². The molecule has 2 rings (SSSR count). The van der Waals surface area contributed by atoms with Crippen LogP contribution in [-0.2, 0) is 4.79 Å². The number of benzene rings is 2. The van der Waals surface area contributed by atoms with Crippen molar-refractivity contribution in [3.05, 3.63) is 62.0 Å². The average molecular weight is 427 g/mol. The van der Waals surface area contributed by atoms with Crippen molar-refractivity contribution in [3.8, 4) is 11.8 Å². The van der Waals surface area contributed by atoms with Gasteiger partial charge in [-0.05, 0) is 51.8 Å². The summed E-state index contributed by atoms with van der Waals surface area (Å²) in [4.78, 5) is 10.5. The van der Waals surface area contributed by atoms with Crippen molar-refractivity contribution in [3.63, 3.8) is 0 Å². The number of carbonyl (C=O) groups is 1. The summed E-state index contributed by atoms with van der Waals surface area (Å²) in [5.74, 6) is -0.660. The van der Waals surface area contributed by atoms with Gasteiger partial charge in [0.15, 0.2) is 6.61 Å². The average Bonchev–Trinajstić information content (AvgIpc) is 2.52. The van der Waals surface area contributed by atoms with Crippen LogP contribution in [0.1, 0.15) is 11.1 Å².